The molecule has 0 spiro atoms. The largest absolute Gasteiger partial charge is 0.493 e. The second-order valence-electron chi connectivity index (χ2n) is 7.79. The van der Waals surface area contributed by atoms with Gasteiger partial charge in [-0.15, -0.1) is 0 Å². The van der Waals surface area contributed by atoms with E-state index in [1.54, 1.807) is 6.20 Å². The van der Waals surface area contributed by atoms with E-state index in [0.29, 0.717) is 18.1 Å². The highest BCUT2D eigenvalue weighted by Gasteiger charge is 2.27. The quantitative estimate of drug-likeness (QED) is 0.653. The summed E-state index contributed by atoms with van der Waals surface area (Å²) in [7, 11) is 1.95. The van der Waals surface area contributed by atoms with E-state index in [2.05, 4.69) is 24.0 Å². The molecule has 1 unspecified atom stereocenters. The number of rotatable bonds is 5. The topological polar surface area (TPSA) is 47.4 Å². The van der Waals surface area contributed by atoms with Gasteiger partial charge < -0.3 is 14.2 Å². The van der Waals surface area contributed by atoms with Gasteiger partial charge in [0.05, 0.1) is 12.2 Å². The summed E-state index contributed by atoms with van der Waals surface area (Å²) in [4.78, 5) is 19.7. The van der Waals surface area contributed by atoms with Crippen LogP contribution in [0.15, 0.2) is 60.9 Å². The average Bonchev–Trinajstić information content (AvgIpc) is 3.18. The van der Waals surface area contributed by atoms with Crippen molar-refractivity contribution in [2.24, 2.45) is 13.0 Å². The smallest absolute Gasteiger partial charge is 0.254 e. The number of ether oxygens (including phenoxy) is 1. The molecule has 1 amide bonds. The lowest BCUT2D eigenvalue weighted by molar-refractivity contribution is 0.0634. The standard InChI is InChI=1S/C24H27N3O2/c1-18-7-5-9-20(15-18)29-17-19-8-6-13-27(16-19)24(28)22-11-4-3-10-21(22)23-25-12-14-26(23)2/h3-5,7,9-12,14-15,19H,6,8,13,16-17H2,1-2H3. The van der Waals surface area contributed by atoms with Crippen LogP contribution in [-0.2, 0) is 7.05 Å². The third-order valence-corrected chi connectivity index (χ3v) is 5.50. The molecule has 5 nitrogen and oxygen atoms in total. The zero-order valence-electron chi connectivity index (χ0n) is 17.0. The monoisotopic (exact) mass is 389 g/mol. The molecule has 1 aromatic heterocycles. The van der Waals surface area contributed by atoms with E-state index in [-0.39, 0.29) is 5.91 Å². The second-order valence-corrected chi connectivity index (χ2v) is 7.79. The normalized spacial score (nSPS) is 16.6. The molecular weight excluding hydrogens is 362 g/mol. The fraction of sp³-hybridized carbons (Fsp3) is 0.333. The molecular formula is C24H27N3O2. The van der Waals surface area contributed by atoms with E-state index in [0.717, 1.165) is 43.1 Å². The van der Waals surface area contributed by atoms with E-state index in [9.17, 15) is 4.79 Å². The Morgan fingerprint density at radius 3 is 2.86 bits per heavy atom. The molecule has 1 aliphatic rings. The summed E-state index contributed by atoms with van der Waals surface area (Å²) in [6, 6.07) is 15.9. The minimum atomic E-state index is 0.0730. The van der Waals surface area contributed by atoms with E-state index >= 15 is 0 Å². The minimum absolute atomic E-state index is 0.0730. The number of aromatic nitrogens is 2. The predicted molar refractivity (Wildman–Crippen MR) is 114 cm³/mol. The number of carbonyl (C=O) groups is 1. The van der Waals surface area contributed by atoms with Gasteiger partial charge in [-0.25, -0.2) is 4.98 Å². The maximum absolute atomic E-state index is 13.3. The maximum Gasteiger partial charge on any atom is 0.254 e. The molecule has 150 valence electrons. The lowest BCUT2D eigenvalue weighted by Crippen LogP contribution is -2.41. The van der Waals surface area contributed by atoms with Crippen LogP contribution in [0.3, 0.4) is 0 Å². The van der Waals surface area contributed by atoms with Crippen molar-refractivity contribution in [2.75, 3.05) is 19.7 Å². The number of carbonyl (C=O) groups excluding carboxylic acids is 1. The molecule has 29 heavy (non-hydrogen) atoms. The van der Waals surface area contributed by atoms with Crippen LogP contribution in [0.4, 0.5) is 0 Å². The molecule has 2 aromatic carbocycles. The van der Waals surface area contributed by atoms with Crippen LogP contribution in [0.5, 0.6) is 5.75 Å². The first-order chi connectivity index (χ1) is 14.1. The number of benzene rings is 2. The molecule has 0 saturated carbocycles. The third-order valence-electron chi connectivity index (χ3n) is 5.50. The van der Waals surface area contributed by atoms with Crippen molar-refractivity contribution in [3.63, 3.8) is 0 Å². The molecule has 1 aliphatic heterocycles. The fourth-order valence-electron chi connectivity index (χ4n) is 3.96. The van der Waals surface area contributed by atoms with Crippen LogP contribution in [0.25, 0.3) is 11.4 Å². The maximum atomic E-state index is 13.3. The van der Waals surface area contributed by atoms with Gasteiger partial charge in [0.1, 0.15) is 11.6 Å². The number of nitrogens with zero attached hydrogens (tertiary/aromatic N) is 3. The Kier molecular flexibility index (Phi) is 5.65. The summed E-state index contributed by atoms with van der Waals surface area (Å²) in [5, 5.41) is 0. The average molecular weight is 389 g/mol. The van der Waals surface area contributed by atoms with Crippen LogP contribution in [0, 0.1) is 12.8 Å². The van der Waals surface area contributed by atoms with Crippen molar-refractivity contribution in [3.8, 4) is 17.1 Å². The summed E-state index contributed by atoms with van der Waals surface area (Å²) in [6.45, 7) is 4.20. The van der Waals surface area contributed by atoms with E-state index < -0.39 is 0 Å². The van der Waals surface area contributed by atoms with E-state index in [1.165, 1.54) is 5.56 Å². The van der Waals surface area contributed by atoms with Crippen LogP contribution in [-0.4, -0.2) is 40.1 Å². The summed E-state index contributed by atoms with van der Waals surface area (Å²) < 4.78 is 7.95. The van der Waals surface area contributed by atoms with Gasteiger partial charge in [0.25, 0.3) is 5.91 Å². The Hall–Kier alpha value is -3.08. The fourth-order valence-corrected chi connectivity index (χ4v) is 3.96. The molecule has 1 fully saturated rings. The van der Waals surface area contributed by atoms with Crippen molar-refractivity contribution < 1.29 is 9.53 Å². The lowest BCUT2D eigenvalue weighted by Gasteiger charge is -2.33. The Bertz CT molecular complexity index is 995. The Balaban J connectivity index is 1.46. The van der Waals surface area contributed by atoms with Gasteiger partial charge in [0.2, 0.25) is 0 Å². The first-order valence-corrected chi connectivity index (χ1v) is 10.2. The highest BCUT2D eigenvalue weighted by molar-refractivity contribution is 6.00. The number of piperidine rings is 1. The van der Waals surface area contributed by atoms with E-state index in [4.69, 9.17) is 4.74 Å². The number of hydrogen-bond acceptors (Lipinski definition) is 3. The molecule has 3 aromatic rings. The number of amides is 1. The van der Waals surface area contributed by atoms with Crippen LogP contribution >= 0.6 is 0 Å². The van der Waals surface area contributed by atoms with Gasteiger partial charge in [0, 0.05) is 44.0 Å². The first-order valence-electron chi connectivity index (χ1n) is 10.2. The number of imidazole rings is 1. The van der Waals surface area contributed by atoms with Gasteiger partial charge in [-0.1, -0.05) is 30.3 Å². The molecule has 0 radical (unpaired) electrons. The molecule has 1 saturated heterocycles. The SMILES string of the molecule is Cc1cccc(OCC2CCCN(C(=O)c3ccccc3-c3nccn3C)C2)c1. The number of likely N-dealkylation sites (tertiary alicyclic amines) is 1. The third kappa shape index (κ3) is 4.34. The van der Waals surface area contributed by atoms with Crippen molar-refractivity contribution in [1.82, 2.24) is 14.5 Å². The highest BCUT2D eigenvalue weighted by Crippen LogP contribution is 2.26. The zero-order valence-corrected chi connectivity index (χ0v) is 17.0. The summed E-state index contributed by atoms with van der Waals surface area (Å²) in [6.07, 6.45) is 5.74. The van der Waals surface area contributed by atoms with Crippen molar-refractivity contribution in [2.45, 2.75) is 19.8 Å². The molecule has 5 heteroatoms. The first kappa shape index (κ1) is 19.2. The highest BCUT2D eigenvalue weighted by atomic mass is 16.5. The molecule has 0 bridgehead atoms. The van der Waals surface area contributed by atoms with Gasteiger partial charge in [-0.05, 0) is 43.5 Å². The minimum Gasteiger partial charge on any atom is -0.493 e. The molecule has 0 aliphatic carbocycles. The molecule has 1 atom stereocenters. The van der Waals surface area contributed by atoms with Crippen molar-refractivity contribution in [1.29, 1.82) is 0 Å². The van der Waals surface area contributed by atoms with Gasteiger partial charge in [-0.2, -0.15) is 0 Å². The van der Waals surface area contributed by atoms with Crippen LogP contribution in [0.2, 0.25) is 0 Å². The van der Waals surface area contributed by atoms with Crippen molar-refractivity contribution in [3.05, 3.63) is 72.1 Å². The zero-order chi connectivity index (χ0) is 20.2. The summed E-state index contributed by atoms with van der Waals surface area (Å²) in [5.41, 5.74) is 2.78. The van der Waals surface area contributed by atoms with E-state index in [1.807, 2.05) is 59.1 Å². The van der Waals surface area contributed by atoms with Gasteiger partial charge in [-0.3, -0.25) is 4.79 Å². The predicted octanol–water partition coefficient (Wildman–Crippen LogP) is 4.33. The van der Waals surface area contributed by atoms with Gasteiger partial charge >= 0.3 is 0 Å². The second kappa shape index (κ2) is 8.52. The van der Waals surface area contributed by atoms with Crippen LogP contribution < -0.4 is 4.74 Å². The van der Waals surface area contributed by atoms with Gasteiger partial charge in [0.15, 0.2) is 0 Å². The lowest BCUT2D eigenvalue weighted by atomic mass is 9.97. The number of hydrogen-bond donors (Lipinski definition) is 0. The Morgan fingerprint density at radius 2 is 2.07 bits per heavy atom. The Labute approximate surface area is 171 Å². The number of aryl methyl sites for hydroxylation is 2. The Morgan fingerprint density at radius 1 is 1.21 bits per heavy atom. The summed E-state index contributed by atoms with van der Waals surface area (Å²) >= 11 is 0. The molecule has 2 heterocycles. The van der Waals surface area contributed by atoms with Crippen LogP contribution in [0.1, 0.15) is 28.8 Å². The molecule has 4 rings (SSSR count). The molecule has 0 N–H and O–H groups in total. The van der Waals surface area contributed by atoms with Crippen molar-refractivity contribution >= 4 is 5.91 Å². The summed E-state index contributed by atoms with van der Waals surface area (Å²) in [5.74, 6) is 2.12.